The van der Waals surface area contributed by atoms with Gasteiger partial charge in [0.05, 0.1) is 20.3 Å². The van der Waals surface area contributed by atoms with Crippen LogP contribution >= 0.6 is 0 Å². The van der Waals surface area contributed by atoms with Gasteiger partial charge >= 0.3 is 0 Å². The molecule has 0 aliphatic rings. The van der Waals surface area contributed by atoms with Crippen LogP contribution in [-0.2, 0) is 10.0 Å². The van der Waals surface area contributed by atoms with Gasteiger partial charge in [0.2, 0.25) is 10.0 Å². The first kappa shape index (κ1) is 16.3. The number of ether oxygens (including phenoxy) is 2. The SMILES string of the molecule is CCN(CCC#N)S(=O)(=O)c1cc(OC)ccc1OC. The van der Waals surface area contributed by atoms with Crippen molar-refractivity contribution in [1.82, 2.24) is 4.31 Å². The van der Waals surface area contributed by atoms with Crippen molar-refractivity contribution in [1.29, 1.82) is 5.26 Å². The molecule has 0 N–H and O–H groups in total. The number of benzene rings is 1. The highest BCUT2D eigenvalue weighted by Crippen LogP contribution is 2.30. The van der Waals surface area contributed by atoms with Gasteiger partial charge in [-0.1, -0.05) is 6.92 Å². The largest absolute Gasteiger partial charge is 0.497 e. The van der Waals surface area contributed by atoms with Crippen molar-refractivity contribution >= 4 is 10.0 Å². The van der Waals surface area contributed by atoms with Crippen molar-refractivity contribution in [3.63, 3.8) is 0 Å². The maximum absolute atomic E-state index is 12.6. The fourth-order valence-electron chi connectivity index (χ4n) is 1.75. The molecule has 0 bridgehead atoms. The minimum absolute atomic E-state index is 0.0409. The van der Waals surface area contributed by atoms with Gasteiger partial charge in [-0.15, -0.1) is 0 Å². The number of rotatable bonds is 7. The van der Waals surface area contributed by atoms with E-state index in [4.69, 9.17) is 14.7 Å². The Morgan fingerprint density at radius 1 is 1.30 bits per heavy atom. The lowest BCUT2D eigenvalue weighted by atomic mass is 10.3. The number of methoxy groups -OCH3 is 2. The van der Waals surface area contributed by atoms with Crippen LogP contribution in [0.25, 0.3) is 0 Å². The summed E-state index contributed by atoms with van der Waals surface area (Å²) in [5.41, 5.74) is 0. The Hall–Kier alpha value is -1.78. The molecule has 7 heteroatoms. The molecule has 1 aromatic carbocycles. The average molecular weight is 298 g/mol. The molecule has 0 unspecified atom stereocenters. The lowest BCUT2D eigenvalue weighted by molar-refractivity contribution is 0.385. The lowest BCUT2D eigenvalue weighted by Gasteiger charge is -2.21. The maximum Gasteiger partial charge on any atom is 0.246 e. The number of hydrogen-bond acceptors (Lipinski definition) is 5. The molecule has 110 valence electrons. The van der Waals surface area contributed by atoms with E-state index in [1.54, 1.807) is 19.1 Å². The molecule has 0 heterocycles. The lowest BCUT2D eigenvalue weighted by Crippen LogP contribution is -2.32. The van der Waals surface area contributed by atoms with Crippen molar-refractivity contribution < 1.29 is 17.9 Å². The van der Waals surface area contributed by atoms with E-state index < -0.39 is 10.0 Å². The second-order valence-corrected chi connectivity index (χ2v) is 5.83. The summed E-state index contributed by atoms with van der Waals surface area (Å²) in [5.74, 6) is 0.682. The summed E-state index contributed by atoms with van der Waals surface area (Å²) >= 11 is 0. The summed E-state index contributed by atoms with van der Waals surface area (Å²) in [7, 11) is -0.849. The van der Waals surface area contributed by atoms with Gasteiger partial charge in [-0.25, -0.2) is 8.42 Å². The molecule has 0 spiro atoms. The molecule has 6 nitrogen and oxygen atoms in total. The van der Waals surface area contributed by atoms with Gasteiger partial charge in [0.25, 0.3) is 0 Å². The Balaban J connectivity index is 3.28. The van der Waals surface area contributed by atoms with E-state index in [0.29, 0.717) is 5.75 Å². The third-order valence-electron chi connectivity index (χ3n) is 2.81. The molecule has 0 aliphatic heterocycles. The van der Waals surface area contributed by atoms with Crippen molar-refractivity contribution in [2.75, 3.05) is 27.3 Å². The van der Waals surface area contributed by atoms with Gasteiger partial charge in [0.15, 0.2) is 0 Å². The van der Waals surface area contributed by atoms with E-state index >= 15 is 0 Å². The molecule has 1 rings (SSSR count). The molecule has 1 aromatic rings. The zero-order valence-corrected chi connectivity index (χ0v) is 12.6. The van der Waals surface area contributed by atoms with Crippen LogP contribution in [0.2, 0.25) is 0 Å². The standard InChI is InChI=1S/C13H18N2O4S/c1-4-15(9-5-8-14)20(16,17)13-10-11(18-2)6-7-12(13)19-3/h6-7,10H,4-5,9H2,1-3H3. The van der Waals surface area contributed by atoms with Gasteiger partial charge in [-0.3, -0.25) is 0 Å². The Morgan fingerprint density at radius 3 is 2.50 bits per heavy atom. The molecule has 0 saturated carbocycles. The van der Waals surface area contributed by atoms with Crippen LogP contribution < -0.4 is 9.47 Å². The van der Waals surface area contributed by atoms with Gasteiger partial charge in [0, 0.05) is 25.6 Å². The quantitative estimate of drug-likeness (QED) is 0.764. The summed E-state index contributed by atoms with van der Waals surface area (Å²) in [5, 5.41) is 8.61. The number of sulfonamides is 1. The number of nitrogens with zero attached hydrogens (tertiary/aromatic N) is 2. The maximum atomic E-state index is 12.6. The monoisotopic (exact) mass is 298 g/mol. The molecule has 0 fully saturated rings. The third-order valence-corrected chi connectivity index (χ3v) is 4.81. The first-order valence-electron chi connectivity index (χ1n) is 6.10. The fraction of sp³-hybridized carbons (Fsp3) is 0.462. The van der Waals surface area contributed by atoms with Gasteiger partial charge in [-0.05, 0) is 12.1 Å². The Labute approximate surface area is 119 Å². The number of hydrogen-bond donors (Lipinski definition) is 0. The molecule has 0 radical (unpaired) electrons. The van der Waals surface area contributed by atoms with E-state index in [2.05, 4.69) is 0 Å². The van der Waals surface area contributed by atoms with E-state index in [1.807, 2.05) is 6.07 Å². The summed E-state index contributed by atoms with van der Waals surface area (Å²) < 4.78 is 36.6. The van der Waals surface area contributed by atoms with Crippen molar-refractivity contribution in [3.8, 4) is 17.6 Å². The summed E-state index contributed by atoms with van der Waals surface area (Å²) in [6.07, 6.45) is 0.138. The topological polar surface area (TPSA) is 79.6 Å². The van der Waals surface area contributed by atoms with Crippen LogP contribution in [0.1, 0.15) is 13.3 Å². The van der Waals surface area contributed by atoms with Crippen LogP contribution in [0.15, 0.2) is 23.1 Å². The average Bonchev–Trinajstić information content (AvgIpc) is 2.47. The Kier molecular flexibility index (Phi) is 5.80. The van der Waals surface area contributed by atoms with Crippen LogP contribution in [0, 0.1) is 11.3 Å². The second kappa shape index (κ2) is 7.12. The minimum atomic E-state index is -3.72. The van der Waals surface area contributed by atoms with Gasteiger partial charge in [0.1, 0.15) is 16.4 Å². The first-order valence-corrected chi connectivity index (χ1v) is 7.54. The van der Waals surface area contributed by atoms with Crippen LogP contribution in [-0.4, -0.2) is 40.0 Å². The predicted octanol–water partition coefficient (Wildman–Crippen LogP) is 1.63. The first-order chi connectivity index (χ1) is 9.51. The van der Waals surface area contributed by atoms with Crippen LogP contribution in [0.3, 0.4) is 0 Å². The molecule has 0 saturated heterocycles. The molecular formula is C13H18N2O4S. The third kappa shape index (κ3) is 3.40. The van der Waals surface area contributed by atoms with Crippen LogP contribution in [0.5, 0.6) is 11.5 Å². The van der Waals surface area contributed by atoms with E-state index in [-0.39, 0.29) is 30.2 Å². The molecule has 20 heavy (non-hydrogen) atoms. The van der Waals surface area contributed by atoms with Crippen LogP contribution in [0.4, 0.5) is 0 Å². The zero-order valence-electron chi connectivity index (χ0n) is 11.8. The molecule has 0 amide bonds. The van der Waals surface area contributed by atoms with Crippen molar-refractivity contribution in [2.45, 2.75) is 18.2 Å². The van der Waals surface area contributed by atoms with Crippen molar-refractivity contribution in [3.05, 3.63) is 18.2 Å². The second-order valence-electron chi connectivity index (χ2n) is 3.92. The van der Waals surface area contributed by atoms with E-state index in [1.165, 1.54) is 24.6 Å². The highest BCUT2D eigenvalue weighted by Gasteiger charge is 2.26. The number of nitriles is 1. The zero-order chi connectivity index (χ0) is 15.2. The summed E-state index contributed by atoms with van der Waals surface area (Å²) in [4.78, 5) is 0.0409. The predicted molar refractivity (Wildman–Crippen MR) is 74.2 cm³/mol. The highest BCUT2D eigenvalue weighted by atomic mass is 32.2. The molecular weight excluding hydrogens is 280 g/mol. The Bertz CT molecular complexity index is 593. The minimum Gasteiger partial charge on any atom is -0.497 e. The van der Waals surface area contributed by atoms with Gasteiger partial charge in [-0.2, -0.15) is 9.57 Å². The highest BCUT2D eigenvalue weighted by molar-refractivity contribution is 7.89. The molecule has 0 aliphatic carbocycles. The normalized spacial score (nSPS) is 11.2. The fourth-order valence-corrected chi connectivity index (χ4v) is 3.37. The smallest absolute Gasteiger partial charge is 0.246 e. The summed E-state index contributed by atoms with van der Waals surface area (Å²) in [6, 6.07) is 6.54. The van der Waals surface area contributed by atoms with E-state index in [9.17, 15) is 8.42 Å². The van der Waals surface area contributed by atoms with Crippen molar-refractivity contribution in [2.24, 2.45) is 0 Å². The molecule has 0 aromatic heterocycles. The van der Waals surface area contributed by atoms with Gasteiger partial charge < -0.3 is 9.47 Å². The molecule has 0 atom stereocenters. The van der Waals surface area contributed by atoms with E-state index in [0.717, 1.165) is 0 Å². The summed E-state index contributed by atoms with van der Waals surface area (Å²) in [6.45, 7) is 2.15. The Morgan fingerprint density at radius 2 is 2.00 bits per heavy atom.